The summed E-state index contributed by atoms with van der Waals surface area (Å²) in [4.78, 5) is 32.7. The zero-order valence-electron chi connectivity index (χ0n) is 20.5. The highest BCUT2D eigenvalue weighted by Crippen LogP contribution is 2.41. The second-order valence-corrected chi connectivity index (χ2v) is 10.7. The number of benzene rings is 2. The van der Waals surface area contributed by atoms with Gasteiger partial charge < -0.3 is 10.1 Å². The van der Waals surface area contributed by atoms with E-state index in [1.165, 1.54) is 23.3 Å². The molecule has 1 aliphatic carbocycles. The third-order valence-electron chi connectivity index (χ3n) is 7.02. The molecule has 2 heterocycles. The van der Waals surface area contributed by atoms with Crippen LogP contribution in [0.25, 0.3) is 22.2 Å². The molecule has 0 bridgehead atoms. The Labute approximate surface area is 219 Å². The predicted molar refractivity (Wildman–Crippen MR) is 146 cm³/mol. The first-order chi connectivity index (χ1) is 17.4. The molecular formula is C29H27ClN2O3S. The minimum atomic E-state index is -0.409. The van der Waals surface area contributed by atoms with Crippen LogP contribution in [0.2, 0.25) is 5.02 Å². The highest BCUT2D eigenvalue weighted by molar-refractivity contribution is 7.17. The summed E-state index contributed by atoms with van der Waals surface area (Å²) in [5.74, 6) is -0.0873. The fraction of sp³-hybridized carbons (Fsp3) is 0.276. The largest absolute Gasteiger partial charge is 0.465 e. The number of pyridine rings is 1. The molecule has 184 valence electrons. The first-order valence-corrected chi connectivity index (χ1v) is 13.3. The second-order valence-electron chi connectivity index (χ2n) is 9.16. The Morgan fingerprint density at radius 3 is 2.72 bits per heavy atom. The quantitative estimate of drug-likeness (QED) is 0.278. The Bertz CT molecular complexity index is 1490. The molecule has 1 aliphatic rings. The number of halogens is 1. The van der Waals surface area contributed by atoms with E-state index in [4.69, 9.17) is 21.3 Å². The lowest BCUT2D eigenvalue weighted by molar-refractivity contribution is 0.0601. The molecule has 7 heteroatoms. The van der Waals surface area contributed by atoms with Crippen LogP contribution >= 0.6 is 22.9 Å². The first-order valence-electron chi connectivity index (χ1n) is 12.1. The van der Waals surface area contributed by atoms with E-state index in [-0.39, 0.29) is 5.91 Å². The van der Waals surface area contributed by atoms with E-state index in [1.807, 2.05) is 55.5 Å². The molecule has 0 fully saturated rings. The normalized spacial score (nSPS) is 14.9. The van der Waals surface area contributed by atoms with Gasteiger partial charge in [0, 0.05) is 20.8 Å². The molecule has 0 saturated carbocycles. The van der Waals surface area contributed by atoms with E-state index in [9.17, 15) is 9.59 Å². The van der Waals surface area contributed by atoms with Crippen molar-refractivity contribution in [1.82, 2.24) is 4.98 Å². The number of aromatic nitrogens is 1. The van der Waals surface area contributed by atoms with Crippen LogP contribution in [0, 0.1) is 12.8 Å². The predicted octanol–water partition coefficient (Wildman–Crippen LogP) is 7.48. The lowest BCUT2D eigenvalue weighted by Gasteiger charge is -2.20. The summed E-state index contributed by atoms with van der Waals surface area (Å²) in [7, 11) is 1.38. The topological polar surface area (TPSA) is 68.3 Å². The third-order valence-corrected chi connectivity index (χ3v) is 8.43. The summed E-state index contributed by atoms with van der Waals surface area (Å²) in [6.07, 6.45) is 3.88. The van der Waals surface area contributed by atoms with Gasteiger partial charge in [0.1, 0.15) is 5.00 Å². The summed E-state index contributed by atoms with van der Waals surface area (Å²) in [5.41, 5.74) is 5.05. The lowest BCUT2D eigenvalue weighted by Crippen LogP contribution is -2.18. The molecule has 5 nitrogen and oxygen atoms in total. The number of nitrogens with zero attached hydrogens (tertiary/aromatic N) is 1. The van der Waals surface area contributed by atoms with E-state index in [0.29, 0.717) is 38.3 Å². The third kappa shape index (κ3) is 4.40. The van der Waals surface area contributed by atoms with Gasteiger partial charge in [-0.05, 0) is 61.4 Å². The van der Waals surface area contributed by atoms with Crippen molar-refractivity contribution in [2.75, 3.05) is 12.4 Å². The number of carbonyl (C=O) groups excluding carboxylic acids is 2. The van der Waals surface area contributed by atoms with Crippen LogP contribution in [0.4, 0.5) is 5.00 Å². The van der Waals surface area contributed by atoms with Crippen LogP contribution in [-0.4, -0.2) is 24.0 Å². The average molecular weight is 519 g/mol. The molecule has 1 N–H and O–H groups in total. The van der Waals surface area contributed by atoms with Crippen molar-refractivity contribution in [3.8, 4) is 11.3 Å². The van der Waals surface area contributed by atoms with Gasteiger partial charge >= 0.3 is 5.97 Å². The number of esters is 1. The Balaban J connectivity index is 1.62. The molecule has 1 atom stereocenters. The lowest BCUT2D eigenvalue weighted by atomic mass is 9.85. The number of hydrogen-bond donors (Lipinski definition) is 1. The van der Waals surface area contributed by atoms with E-state index in [0.717, 1.165) is 47.8 Å². The zero-order valence-corrected chi connectivity index (χ0v) is 22.1. The van der Waals surface area contributed by atoms with Gasteiger partial charge in [0.2, 0.25) is 0 Å². The van der Waals surface area contributed by atoms with Crippen molar-refractivity contribution in [3.05, 3.63) is 80.7 Å². The fourth-order valence-electron chi connectivity index (χ4n) is 5.09. The van der Waals surface area contributed by atoms with Gasteiger partial charge in [0.05, 0.1) is 29.4 Å². The maximum Gasteiger partial charge on any atom is 0.341 e. The van der Waals surface area contributed by atoms with Crippen LogP contribution in [0.15, 0.2) is 48.5 Å². The van der Waals surface area contributed by atoms with Gasteiger partial charge in [-0.3, -0.25) is 4.79 Å². The molecular weight excluding hydrogens is 492 g/mol. The van der Waals surface area contributed by atoms with Crippen molar-refractivity contribution in [2.45, 2.75) is 39.5 Å². The van der Waals surface area contributed by atoms with Crippen LogP contribution < -0.4 is 5.32 Å². The Morgan fingerprint density at radius 2 is 1.97 bits per heavy atom. The number of methoxy groups -OCH3 is 1. The van der Waals surface area contributed by atoms with Gasteiger partial charge in [-0.1, -0.05) is 55.3 Å². The number of rotatable bonds is 5. The number of para-hydroxylation sites is 1. The average Bonchev–Trinajstić information content (AvgIpc) is 3.24. The zero-order chi connectivity index (χ0) is 25.4. The van der Waals surface area contributed by atoms with E-state index >= 15 is 0 Å². The van der Waals surface area contributed by atoms with Crippen LogP contribution in [0.1, 0.15) is 56.5 Å². The van der Waals surface area contributed by atoms with E-state index in [2.05, 4.69) is 12.2 Å². The molecule has 5 rings (SSSR count). The smallest absolute Gasteiger partial charge is 0.341 e. The monoisotopic (exact) mass is 518 g/mol. The summed E-state index contributed by atoms with van der Waals surface area (Å²) >= 11 is 7.75. The standard InChI is InChI=1S/C29H27ClN2O3S/c1-4-17-12-13-21-23(14-17)36-28(25(21)29(34)35-3)32-27(33)24-16(2)26(18-8-7-9-19(30)15-18)31-22-11-6-5-10-20(22)24/h5-11,15,17H,4,12-14H2,1-3H3,(H,32,33)/t17-/m1/s1. The molecule has 36 heavy (non-hydrogen) atoms. The van der Waals surface area contributed by atoms with Crippen LogP contribution in [0.5, 0.6) is 0 Å². The van der Waals surface area contributed by atoms with Crippen molar-refractivity contribution in [1.29, 1.82) is 0 Å². The van der Waals surface area contributed by atoms with Crippen LogP contribution in [-0.2, 0) is 17.6 Å². The van der Waals surface area contributed by atoms with Gasteiger partial charge in [0.15, 0.2) is 0 Å². The SMILES string of the molecule is CC[C@@H]1CCc2c(sc(NC(=O)c3c(C)c(-c4cccc(Cl)c4)nc4ccccc34)c2C(=O)OC)C1. The van der Waals surface area contributed by atoms with Gasteiger partial charge in [-0.2, -0.15) is 0 Å². The van der Waals surface area contributed by atoms with Gasteiger partial charge in [-0.15, -0.1) is 11.3 Å². The van der Waals surface area contributed by atoms with Crippen molar-refractivity contribution in [2.24, 2.45) is 5.92 Å². The number of hydrogen-bond acceptors (Lipinski definition) is 5. The molecule has 0 unspecified atom stereocenters. The maximum atomic E-state index is 13.9. The number of amides is 1. The maximum absolute atomic E-state index is 13.9. The Morgan fingerprint density at radius 1 is 1.17 bits per heavy atom. The first kappa shape index (κ1) is 24.5. The highest BCUT2D eigenvalue weighted by Gasteiger charge is 2.30. The number of nitrogens with one attached hydrogen (secondary N) is 1. The molecule has 4 aromatic rings. The second kappa shape index (κ2) is 10.0. The number of thiophene rings is 1. The molecule has 0 saturated heterocycles. The number of ether oxygens (including phenoxy) is 1. The fourth-order valence-corrected chi connectivity index (χ4v) is 6.63. The minimum Gasteiger partial charge on any atom is -0.465 e. The summed E-state index contributed by atoms with van der Waals surface area (Å²) < 4.78 is 5.12. The van der Waals surface area contributed by atoms with E-state index < -0.39 is 5.97 Å². The summed E-state index contributed by atoms with van der Waals surface area (Å²) in [6.45, 7) is 4.10. The summed E-state index contributed by atoms with van der Waals surface area (Å²) in [6, 6.07) is 15.1. The van der Waals surface area contributed by atoms with Gasteiger partial charge in [-0.25, -0.2) is 9.78 Å². The summed E-state index contributed by atoms with van der Waals surface area (Å²) in [5, 5.41) is 4.99. The van der Waals surface area contributed by atoms with Crippen molar-refractivity contribution in [3.63, 3.8) is 0 Å². The number of fused-ring (bicyclic) bond motifs is 2. The molecule has 0 radical (unpaired) electrons. The number of anilines is 1. The minimum absolute atomic E-state index is 0.273. The molecule has 1 amide bonds. The highest BCUT2D eigenvalue weighted by atomic mass is 35.5. The molecule has 0 aliphatic heterocycles. The van der Waals surface area contributed by atoms with Gasteiger partial charge in [0.25, 0.3) is 5.91 Å². The van der Waals surface area contributed by atoms with E-state index in [1.54, 1.807) is 0 Å². The number of carbonyl (C=O) groups is 2. The van der Waals surface area contributed by atoms with Crippen molar-refractivity contribution >= 4 is 50.7 Å². The molecule has 2 aromatic heterocycles. The molecule has 2 aromatic carbocycles. The Hall–Kier alpha value is -3.22. The molecule has 0 spiro atoms. The van der Waals surface area contributed by atoms with Crippen molar-refractivity contribution < 1.29 is 14.3 Å². The Kier molecular flexibility index (Phi) is 6.82. The van der Waals surface area contributed by atoms with Crippen LogP contribution in [0.3, 0.4) is 0 Å².